The average molecular weight is 424 g/mol. The van der Waals surface area contributed by atoms with Gasteiger partial charge in [-0.15, -0.1) is 0 Å². The average Bonchev–Trinajstić information content (AvgIpc) is 3.13. The van der Waals surface area contributed by atoms with Crippen molar-refractivity contribution in [2.75, 3.05) is 0 Å². The summed E-state index contributed by atoms with van der Waals surface area (Å²) >= 11 is 5.94. The zero-order valence-electron chi connectivity index (χ0n) is 17.6. The first-order valence-corrected chi connectivity index (χ1v) is 11.5. The standard InChI is InChI=1S/C25H30ClN3O/c1-18(27-24(30)17-20-11-13-21(26)14-12-20)25-28-22-9-5-6-10-23(22)29(25)16-15-19-7-3-2-4-8-19/h5-6,9-14,18-19H,2-4,7-8,15-17H2,1H3,(H,27,30). The van der Waals surface area contributed by atoms with Crippen LogP contribution in [0.15, 0.2) is 48.5 Å². The van der Waals surface area contributed by atoms with Crippen molar-refractivity contribution >= 4 is 28.5 Å². The van der Waals surface area contributed by atoms with Crippen LogP contribution in [0.5, 0.6) is 0 Å². The molecule has 158 valence electrons. The monoisotopic (exact) mass is 423 g/mol. The van der Waals surface area contributed by atoms with Crippen LogP contribution in [0, 0.1) is 5.92 Å². The van der Waals surface area contributed by atoms with Gasteiger partial charge in [0.2, 0.25) is 5.91 Å². The Hall–Kier alpha value is -2.33. The summed E-state index contributed by atoms with van der Waals surface area (Å²) in [6.07, 6.45) is 8.30. The van der Waals surface area contributed by atoms with Crippen LogP contribution in [-0.4, -0.2) is 15.5 Å². The van der Waals surface area contributed by atoms with Gasteiger partial charge in [-0.05, 0) is 49.1 Å². The predicted molar refractivity (Wildman–Crippen MR) is 123 cm³/mol. The molecule has 1 unspecified atom stereocenters. The lowest BCUT2D eigenvalue weighted by molar-refractivity contribution is -0.121. The van der Waals surface area contributed by atoms with E-state index in [1.165, 1.54) is 38.5 Å². The number of hydrogen-bond donors (Lipinski definition) is 1. The Morgan fingerprint density at radius 3 is 2.63 bits per heavy atom. The molecule has 1 aromatic heterocycles. The number of carbonyl (C=O) groups is 1. The first kappa shape index (κ1) is 20.9. The first-order chi connectivity index (χ1) is 14.6. The quantitative estimate of drug-likeness (QED) is 0.500. The molecule has 4 nitrogen and oxygen atoms in total. The Morgan fingerprint density at radius 1 is 1.13 bits per heavy atom. The number of hydrogen-bond acceptors (Lipinski definition) is 2. The number of nitrogens with zero attached hydrogens (tertiary/aromatic N) is 2. The third-order valence-electron chi connectivity index (χ3n) is 6.21. The van der Waals surface area contributed by atoms with Crippen molar-refractivity contribution < 1.29 is 4.79 Å². The molecule has 1 heterocycles. The summed E-state index contributed by atoms with van der Waals surface area (Å²) in [7, 11) is 0. The van der Waals surface area contributed by atoms with Crippen LogP contribution in [0.3, 0.4) is 0 Å². The van der Waals surface area contributed by atoms with Gasteiger partial charge in [-0.2, -0.15) is 0 Å². The summed E-state index contributed by atoms with van der Waals surface area (Å²) in [5.41, 5.74) is 3.10. The Bertz CT molecular complexity index is 989. The van der Waals surface area contributed by atoms with Gasteiger partial charge in [0.25, 0.3) is 0 Å². The number of imidazole rings is 1. The van der Waals surface area contributed by atoms with Crippen molar-refractivity contribution in [1.29, 1.82) is 0 Å². The molecule has 1 N–H and O–H groups in total. The molecule has 0 aliphatic heterocycles. The molecule has 0 saturated heterocycles. The van der Waals surface area contributed by atoms with E-state index >= 15 is 0 Å². The highest BCUT2D eigenvalue weighted by atomic mass is 35.5. The van der Waals surface area contributed by atoms with E-state index in [0.29, 0.717) is 11.4 Å². The maximum atomic E-state index is 12.6. The lowest BCUT2D eigenvalue weighted by Crippen LogP contribution is -2.30. The zero-order chi connectivity index (χ0) is 20.9. The molecular weight excluding hydrogens is 394 g/mol. The number of nitrogens with one attached hydrogen (secondary N) is 1. The third kappa shape index (κ3) is 5.04. The predicted octanol–water partition coefficient (Wildman–Crippen LogP) is 6.08. The van der Waals surface area contributed by atoms with Gasteiger partial charge in [-0.3, -0.25) is 4.79 Å². The van der Waals surface area contributed by atoms with E-state index in [9.17, 15) is 4.79 Å². The smallest absolute Gasteiger partial charge is 0.224 e. The maximum Gasteiger partial charge on any atom is 0.224 e. The fraction of sp³-hybridized carbons (Fsp3) is 0.440. The molecule has 1 aliphatic rings. The molecule has 1 atom stereocenters. The second-order valence-electron chi connectivity index (χ2n) is 8.50. The van der Waals surface area contributed by atoms with Crippen LogP contribution in [0.25, 0.3) is 11.0 Å². The van der Waals surface area contributed by atoms with Crippen LogP contribution in [0.4, 0.5) is 0 Å². The summed E-state index contributed by atoms with van der Waals surface area (Å²) < 4.78 is 2.32. The molecule has 30 heavy (non-hydrogen) atoms. The molecular formula is C25H30ClN3O. The number of amides is 1. The molecule has 1 saturated carbocycles. The molecule has 5 heteroatoms. The van der Waals surface area contributed by atoms with Gasteiger partial charge in [0.05, 0.1) is 23.5 Å². The lowest BCUT2D eigenvalue weighted by atomic mass is 9.87. The summed E-state index contributed by atoms with van der Waals surface area (Å²) in [6.45, 7) is 2.98. The Kier molecular flexibility index (Phi) is 6.73. The van der Waals surface area contributed by atoms with E-state index in [1.807, 2.05) is 37.3 Å². The molecule has 1 amide bonds. The molecule has 3 aromatic rings. The van der Waals surface area contributed by atoms with Gasteiger partial charge in [-0.1, -0.05) is 68.0 Å². The van der Waals surface area contributed by atoms with Crippen molar-refractivity contribution in [3.8, 4) is 0 Å². The Balaban J connectivity index is 1.48. The van der Waals surface area contributed by atoms with Crippen LogP contribution >= 0.6 is 11.6 Å². The number of aromatic nitrogens is 2. The SMILES string of the molecule is CC(NC(=O)Cc1ccc(Cl)cc1)c1nc2ccccc2n1CCC1CCCCC1. The summed E-state index contributed by atoms with van der Waals surface area (Å²) in [5, 5.41) is 3.82. The first-order valence-electron chi connectivity index (χ1n) is 11.1. The third-order valence-corrected chi connectivity index (χ3v) is 6.46. The van der Waals surface area contributed by atoms with Crippen LogP contribution in [0.2, 0.25) is 5.02 Å². The number of benzene rings is 2. The minimum absolute atomic E-state index is 0.00397. The maximum absolute atomic E-state index is 12.6. The fourth-order valence-electron chi connectivity index (χ4n) is 4.59. The summed E-state index contributed by atoms with van der Waals surface area (Å²) in [6, 6.07) is 15.5. The minimum atomic E-state index is -0.149. The van der Waals surface area contributed by atoms with E-state index in [0.717, 1.165) is 34.9 Å². The fourth-order valence-corrected chi connectivity index (χ4v) is 4.72. The number of fused-ring (bicyclic) bond motifs is 1. The molecule has 0 radical (unpaired) electrons. The van der Waals surface area contributed by atoms with Crippen molar-refractivity contribution in [3.63, 3.8) is 0 Å². The molecule has 0 spiro atoms. The number of para-hydroxylation sites is 2. The molecule has 1 aliphatic carbocycles. The zero-order valence-corrected chi connectivity index (χ0v) is 18.4. The lowest BCUT2D eigenvalue weighted by Gasteiger charge is -2.23. The van der Waals surface area contributed by atoms with Gasteiger partial charge in [0, 0.05) is 11.6 Å². The minimum Gasteiger partial charge on any atom is -0.346 e. The summed E-state index contributed by atoms with van der Waals surface area (Å²) in [4.78, 5) is 17.5. The van der Waals surface area contributed by atoms with Crippen molar-refractivity contribution in [1.82, 2.24) is 14.9 Å². The topological polar surface area (TPSA) is 46.9 Å². The van der Waals surface area contributed by atoms with E-state index in [-0.39, 0.29) is 11.9 Å². The Morgan fingerprint density at radius 2 is 1.87 bits per heavy atom. The number of rotatable bonds is 7. The normalized spacial score (nSPS) is 15.9. The highest BCUT2D eigenvalue weighted by molar-refractivity contribution is 6.30. The molecule has 1 fully saturated rings. The van der Waals surface area contributed by atoms with Crippen molar-refractivity contribution in [2.45, 2.75) is 64.5 Å². The van der Waals surface area contributed by atoms with Gasteiger partial charge in [-0.25, -0.2) is 4.98 Å². The largest absolute Gasteiger partial charge is 0.346 e. The number of carbonyl (C=O) groups excluding carboxylic acids is 1. The van der Waals surface area contributed by atoms with E-state index in [4.69, 9.17) is 16.6 Å². The van der Waals surface area contributed by atoms with E-state index < -0.39 is 0 Å². The van der Waals surface area contributed by atoms with E-state index in [1.54, 1.807) is 0 Å². The molecule has 0 bridgehead atoms. The van der Waals surface area contributed by atoms with Gasteiger partial charge in [0.15, 0.2) is 0 Å². The van der Waals surface area contributed by atoms with Gasteiger partial charge < -0.3 is 9.88 Å². The number of halogens is 1. The van der Waals surface area contributed by atoms with Gasteiger partial charge >= 0.3 is 0 Å². The second kappa shape index (κ2) is 9.65. The van der Waals surface area contributed by atoms with E-state index in [2.05, 4.69) is 28.1 Å². The van der Waals surface area contributed by atoms with Crippen molar-refractivity contribution in [3.05, 3.63) is 64.9 Å². The van der Waals surface area contributed by atoms with Crippen molar-refractivity contribution in [2.24, 2.45) is 5.92 Å². The summed E-state index contributed by atoms with van der Waals surface area (Å²) in [5.74, 6) is 1.75. The second-order valence-corrected chi connectivity index (χ2v) is 8.93. The molecule has 2 aromatic carbocycles. The van der Waals surface area contributed by atoms with Crippen LogP contribution in [-0.2, 0) is 17.8 Å². The Labute approximate surface area is 183 Å². The highest BCUT2D eigenvalue weighted by Gasteiger charge is 2.20. The molecule has 4 rings (SSSR count). The van der Waals surface area contributed by atoms with Crippen LogP contribution in [0.1, 0.15) is 62.9 Å². The van der Waals surface area contributed by atoms with Gasteiger partial charge in [0.1, 0.15) is 5.82 Å². The number of aryl methyl sites for hydroxylation is 1. The van der Waals surface area contributed by atoms with Crippen LogP contribution < -0.4 is 5.32 Å². The highest BCUT2D eigenvalue weighted by Crippen LogP contribution is 2.28.